The second kappa shape index (κ2) is 11.1. The summed E-state index contributed by atoms with van der Waals surface area (Å²) in [6.07, 6.45) is -1.75. The molecule has 184 valence electrons. The first-order valence-corrected chi connectivity index (χ1v) is 11.2. The predicted octanol–water partition coefficient (Wildman–Crippen LogP) is 4.39. The molecule has 1 heterocycles. The van der Waals surface area contributed by atoms with Gasteiger partial charge in [0.25, 0.3) is 0 Å². The summed E-state index contributed by atoms with van der Waals surface area (Å²) >= 11 is 6.06. The van der Waals surface area contributed by atoms with E-state index in [0.717, 1.165) is 16.7 Å². The Bertz CT molecular complexity index is 1380. The van der Waals surface area contributed by atoms with Crippen molar-refractivity contribution in [2.45, 2.75) is 12.6 Å². The summed E-state index contributed by atoms with van der Waals surface area (Å²) in [5.74, 6) is -2.91. The van der Waals surface area contributed by atoms with Crippen molar-refractivity contribution < 1.29 is 28.7 Å². The maximum atomic E-state index is 14.0. The number of hydrogen-bond donors (Lipinski definition) is 3. The highest BCUT2D eigenvalue weighted by Gasteiger charge is 2.23. The van der Waals surface area contributed by atoms with Crippen LogP contribution in [-0.4, -0.2) is 44.9 Å². The third-order valence-corrected chi connectivity index (χ3v) is 5.54. The summed E-state index contributed by atoms with van der Waals surface area (Å²) in [5.41, 5.74) is 5.41. The Kier molecular flexibility index (Phi) is 7.74. The number of aliphatic hydroxyl groups excluding tert-OH is 1. The van der Waals surface area contributed by atoms with Gasteiger partial charge in [0.1, 0.15) is 11.5 Å². The van der Waals surface area contributed by atoms with Crippen molar-refractivity contribution in [1.29, 1.82) is 0 Å². The number of amides is 1. The fourth-order valence-electron chi connectivity index (χ4n) is 3.50. The molecular weight excluding hydrogens is 489 g/mol. The van der Waals surface area contributed by atoms with Gasteiger partial charge in [-0.3, -0.25) is 10.2 Å². The molecule has 0 aliphatic carbocycles. The summed E-state index contributed by atoms with van der Waals surface area (Å²) in [6, 6.07) is 21.9. The molecule has 4 aromatic rings. The molecule has 1 atom stereocenters. The summed E-state index contributed by atoms with van der Waals surface area (Å²) in [5, 5.41) is 24.6. The van der Waals surface area contributed by atoms with Crippen molar-refractivity contribution in [2.75, 3.05) is 6.54 Å². The number of nitrogens with one attached hydrogen (secondary N) is 1. The number of carboxylic acids is 1. The largest absolute Gasteiger partial charge is 0.479 e. The summed E-state index contributed by atoms with van der Waals surface area (Å²) in [7, 11) is 0. The van der Waals surface area contributed by atoms with Crippen LogP contribution < -0.4 is 5.43 Å². The summed E-state index contributed by atoms with van der Waals surface area (Å²) in [6.45, 7) is -0.314. The van der Waals surface area contributed by atoms with Crippen LogP contribution in [0.1, 0.15) is 16.1 Å². The Hall–Kier alpha value is -4.05. The lowest BCUT2D eigenvalue weighted by atomic mass is 10.0. The molecule has 36 heavy (non-hydrogen) atoms. The number of rotatable bonds is 9. The van der Waals surface area contributed by atoms with E-state index < -0.39 is 30.3 Å². The van der Waals surface area contributed by atoms with Gasteiger partial charge < -0.3 is 14.7 Å². The molecule has 8 nitrogen and oxygen atoms in total. The first kappa shape index (κ1) is 25.1. The summed E-state index contributed by atoms with van der Waals surface area (Å²) in [4.78, 5) is 24.0. The molecule has 0 radical (unpaired) electrons. The highest BCUT2D eigenvalue weighted by molar-refractivity contribution is 6.30. The standard InChI is InChI=1S/C26H21ClFN3O5/c27-19-5-3-4-18(12-19)17-10-8-16(9-11-17)14-31(15-23(32)26(34)35)29-25(33)24-13-22(30-36-24)20-6-1-2-7-21(20)28/h1-13,23,32H,14-15H2,(H,29,33)(H,34,35). The first-order valence-electron chi connectivity index (χ1n) is 10.8. The van der Waals surface area contributed by atoms with Crippen molar-refractivity contribution >= 4 is 23.5 Å². The molecule has 0 saturated heterocycles. The zero-order chi connectivity index (χ0) is 25.7. The maximum Gasteiger partial charge on any atom is 0.333 e. The number of carboxylic acid groups (broad SMARTS) is 1. The minimum absolute atomic E-state index is 0.0835. The zero-order valence-corrected chi connectivity index (χ0v) is 19.5. The Balaban J connectivity index is 1.50. The molecule has 3 aromatic carbocycles. The van der Waals surface area contributed by atoms with E-state index in [1.54, 1.807) is 12.1 Å². The molecule has 0 saturated carbocycles. The van der Waals surface area contributed by atoms with Gasteiger partial charge in [-0.1, -0.05) is 65.3 Å². The number of carbonyl (C=O) groups is 2. The second-order valence-corrected chi connectivity index (χ2v) is 8.38. The van der Waals surface area contributed by atoms with Crippen molar-refractivity contribution in [3.8, 4) is 22.4 Å². The van der Waals surface area contributed by atoms with Crippen LogP contribution in [0.4, 0.5) is 4.39 Å². The number of nitrogens with zero attached hydrogens (tertiary/aromatic N) is 2. The van der Waals surface area contributed by atoms with E-state index in [0.29, 0.717) is 5.02 Å². The maximum absolute atomic E-state index is 14.0. The number of carbonyl (C=O) groups excluding carboxylic acids is 1. The number of hydrogen-bond acceptors (Lipinski definition) is 6. The van der Waals surface area contributed by atoms with Crippen LogP contribution in [0.2, 0.25) is 5.02 Å². The first-order chi connectivity index (χ1) is 17.3. The fraction of sp³-hybridized carbons (Fsp3) is 0.115. The highest BCUT2D eigenvalue weighted by atomic mass is 35.5. The molecule has 0 aliphatic heterocycles. The summed E-state index contributed by atoms with van der Waals surface area (Å²) < 4.78 is 19.1. The van der Waals surface area contributed by atoms with E-state index in [1.807, 2.05) is 42.5 Å². The molecule has 1 unspecified atom stereocenters. The average molecular weight is 510 g/mol. The molecule has 4 rings (SSSR count). The molecule has 3 N–H and O–H groups in total. The Morgan fingerprint density at radius 3 is 2.47 bits per heavy atom. The molecular formula is C26H21ClFN3O5. The SMILES string of the molecule is O=C(NN(Cc1ccc(-c2cccc(Cl)c2)cc1)CC(O)C(=O)O)c1cc(-c2ccccc2F)no1. The van der Waals surface area contributed by atoms with Crippen LogP contribution in [0, 0.1) is 5.82 Å². The smallest absolute Gasteiger partial charge is 0.333 e. The lowest BCUT2D eigenvalue weighted by Gasteiger charge is -2.24. The molecule has 0 aliphatic rings. The van der Waals surface area contributed by atoms with E-state index in [1.165, 1.54) is 29.3 Å². The Morgan fingerprint density at radius 1 is 1.03 bits per heavy atom. The van der Waals surface area contributed by atoms with E-state index in [4.69, 9.17) is 21.2 Å². The van der Waals surface area contributed by atoms with Crippen LogP contribution in [0.3, 0.4) is 0 Å². The lowest BCUT2D eigenvalue weighted by Crippen LogP contribution is -2.47. The zero-order valence-electron chi connectivity index (χ0n) is 18.8. The third-order valence-electron chi connectivity index (χ3n) is 5.31. The van der Waals surface area contributed by atoms with Crippen LogP contribution >= 0.6 is 11.6 Å². The van der Waals surface area contributed by atoms with Gasteiger partial charge >= 0.3 is 11.9 Å². The number of aromatic nitrogens is 1. The van der Waals surface area contributed by atoms with E-state index >= 15 is 0 Å². The van der Waals surface area contributed by atoms with Crippen molar-refractivity contribution in [1.82, 2.24) is 15.6 Å². The van der Waals surface area contributed by atoms with Crippen LogP contribution in [0.15, 0.2) is 83.4 Å². The van der Waals surface area contributed by atoms with Crippen molar-refractivity contribution in [2.24, 2.45) is 0 Å². The highest BCUT2D eigenvalue weighted by Crippen LogP contribution is 2.24. The number of aliphatic carboxylic acids is 1. The molecule has 0 spiro atoms. The average Bonchev–Trinajstić information content (AvgIpc) is 3.35. The number of benzene rings is 3. The van der Waals surface area contributed by atoms with Crippen LogP contribution in [0.5, 0.6) is 0 Å². The minimum Gasteiger partial charge on any atom is -0.479 e. The van der Waals surface area contributed by atoms with Gasteiger partial charge in [-0.05, 0) is 41.0 Å². The molecule has 10 heteroatoms. The van der Waals surface area contributed by atoms with E-state index in [-0.39, 0.29) is 23.6 Å². The van der Waals surface area contributed by atoms with Gasteiger partial charge in [0.15, 0.2) is 6.10 Å². The second-order valence-electron chi connectivity index (χ2n) is 7.94. The third kappa shape index (κ3) is 6.14. The number of aliphatic hydroxyl groups is 1. The van der Waals surface area contributed by atoms with Crippen molar-refractivity contribution in [3.05, 3.63) is 101 Å². The molecule has 0 fully saturated rings. The number of hydrazine groups is 1. The van der Waals surface area contributed by atoms with E-state index in [2.05, 4.69) is 10.6 Å². The van der Waals surface area contributed by atoms with Crippen LogP contribution in [0.25, 0.3) is 22.4 Å². The fourth-order valence-corrected chi connectivity index (χ4v) is 3.69. The van der Waals surface area contributed by atoms with Gasteiger partial charge in [-0.25, -0.2) is 14.2 Å². The molecule has 1 amide bonds. The van der Waals surface area contributed by atoms with Gasteiger partial charge in [-0.15, -0.1) is 0 Å². The normalized spacial score (nSPS) is 11.9. The van der Waals surface area contributed by atoms with Gasteiger partial charge in [0.05, 0.1) is 6.54 Å². The minimum atomic E-state index is -1.75. The Labute approximate surface area is 210 Å². The molecule has 1 aromatic heterocycles. The van der Waals surface area contributed by atoms with E-state index in [9.17, 15) is 19.1 Å². The van der Waals surface area contributed by atoms with Crippen LogP contribution in [-0.2, 0) is 11.3 Å². The molecule has 0 bridgehead atoms. The van der Waals surface area contributed by atoms with Gasteiger partial charge in [0, 0.05) is 23.2 Å². The topological polar surface area (TPSA) is 116 Å². The number of halogens is 2. The monoisotopic (exact) mass is 509 g/mol. The van der Waals surface area contributed by atoms with Gasteiger partial charge in [0.2, 0.25) is 5.76 Å². The Morgan fingerprint density at radius 2 is 1.78 bits per heavy atom. The van der Waals surface area contributed by atoms with Crippen molar-refractivity contribution in [3.63, 3.8) is 0 Å². The predicted molar refractivity (Wildman–Crippen MR) is 130 cm³/mol. The quantitative estimate of drug-likeness (QED) is 0.286. The lowest BCUT2D eigenvalue weighted by molar-refractivity contribution is -0.148. The van der Waals surface area contributed by atoms with Gasteiger partial charge in [-0.2, -0.15) is 0 Å².